The van der Waals surface area contributed by atoms with Gasteiger partial charge in [0.1, 0.15) is 12.4 Å². The average molecular weight is 404 g/mol. The SMILES string of the molecule is Cc1ccc(-c2nnc(COc3ccc(Cl)c(C)c3)n2-c2ccc(C)cc2)cc1. The summed E-state index contributed by atoms with van der Waals surface area (Å²) in [6.45, 7) is 6.40. The highest BCUT2D eigenvalue weighted by atomic mass is 35.5. The van der Waals surface area contributed by atoms with Crippen LogP contribution in [0.4, 0.5) is 0 Å². The van der Waals surface area contributed by atoms with E-state index in [4.69, 9.17) is 16.3 Å². The van der Waals surface area contributed by atoms with Crippen molar-refractivity contribution in [3.8, 4) is 22.8 Å². The summed E-state index contributed by atoms with van der Waals surface area (Å²) >= 11 is 6.12. The molecule has 0 bridgehead atoms. The largest absolute Gasteiger partial charge is 0.486 e. The van der Waals surface area contributed by atoms with Crippen LogP contribution in [0.2, 0.25) is 5.02 Å². The maximum absolute atomic E-state index is 6.12. The van der Waals surface area contributed by atoms with Gasteiger partial charge in [0.2, 0.25) is 0 Å². The van der Waals surface area contributed by atoms with Gasteiger partial charge in [0, 0.05) is 16.3 Å². The maximum Gasteiger partial charge on any atom is 0.175 e. The van der Waals surface area contributed by atoms with Crippen molar-refractivity contribution in [2.45, 2.75) is 27.4 Å². The summed E-state index contributed by atoms with van der Waals surface area (Å²) in [7, 11) is 0. The van der Waals surface area contributed by atoms with Crippen molar-refractivity contribution < 1.29 is 4.74 Å². The van der Waals surface area contributed by atoms with E-state index < -0.39 is 0 Å². The zero-order valence-corrected chi connectivity index (χ0v) is 17.4. The lowest BCUT2D eigenvalue weighted by Gasteiger charge is -2.12. The van der Waals surface area contributed by atoms with Crippen LogP contribution in [0.1, 0.15) is 22.5 Å². The number of hydrogen-bond acceptors (Lipinski definition) is 3. The van der Waals surface area contributed by atoms with E-state index in [1.807, 2.05) is 29.7 Å². The summed E-state index contributed by atoms with van der Waals surface area (Å²) in [5.74, 6) is 2.28. The molecule has 146 valence electrons. The summed E-state index contributed by atoms with van der Waals surface area (Å²) in [5.41, 5.74) is 5.40. The van der Waals surface area contributed by atoms with E-state index >= 15 is 0 Å². The van der Waals surface area contributed by atoms with E-state index in [2.05, 4.69) is 72.6 Å². The number of halogens is 1. The average Bonchev–Trinajstić information content (AvgIpc) is 3.14. The Kier molecular flexibility index (Phi) is 5.36. The molecule has 29 heavy (non-hydrogen) atoms. The molecule has 0 atom stereocenters. The Balaban J connectivity index is 1.72. The molecule has 4 aromatic rings. The van der Waals surface area contributed by atoms with Crippen LogP contribution in [0.5, 0.6) is 5.75 Å². The standard InChI is InChI=1S/C24H22ClN3O/c1-16-4-8-19(9-5-16)24-27-26-23(28(24)20-10-6-17(2)7-11-20)15-29-21-12-13-22(25)18(3)14-21/h4-14H,15H2,1-3H3. The first kappa shape index (κ1) is 19.2. The first-order valence-electron chi connectivity index (χ1n) is 9.48. The Morgan fingerprint density at radius 1 is 0.828 bits per heavy atom. The molecule has 0 saturated heterocycles. The second-order valence-corrected chi connectivity index (χ2v) is 7.58. The van der Waals surface area contributed by atoms with Gasteiger partial charge in [0.15, 0.2) is 11.6 Å². The minimum absolute atomic E-state index is 0.299. The van der Waals surface area contributed by atoms with Crippen molar-refractivity contribution in [1.29, 1.82) is 0 Å². The van der Waals surface area contributed by atoms with Crippen molar-refractivity contribution in [2.75, 3.05) is 0 Å². The lowest BCUT2D eigenvalue weighted by Crippen LogP contribution is -2.07. The molecule has 5 heteroatoms. The third kappa shape index (κ3) is 4.17. The van der Waals surface area contributed by atoms with E-state index in [0.29, 0.717) is 6.61 Å². The van der Waals surface area contributed by atoms with Crippen LogP contribution in [-0.2, 0) is 6.61 Å². The van der Waals surface area contributed by atoms with E-state index in [0.717, 1.165) is 39.2 Å². The van der Waals surface area contributed by atoms with Crippen LogP contribution in [0.3, 0.4) is 0 Å². The van der Waals surface area contributed by atoms with Crippen molar-refractivity contribution >= 4 is 11.6 Å². The topological polar surface area (TPSA) is 39.9 Å². The fourth-order valence-corrected chi connectivity index (χ4v) is 3.24. The fourth-order valence-electron chi connectivity index (χ4n) is 3.12. The van der Waals surface area contributed by atoms with Gasteiger partial charge in [-0.2, -0.15) is 0 Å². The van der Waals surface area contributed by atoms with Gasteiger partial charge in [-0.05, 0) is 56.7 Å². The molecule has 4 nitrogen and oxygen atoms in total. The summed E-state index contributed by atoms with van der Waals surface area (Å²) in [6, 6.07) is 22.2. The Morgan fingerprint density at radius 3 is 2.14 bits per heavy atom. The monoisotopic (exact) mass is 403 g/mol. The van der Waals surface area contributed by atoms with Crippen LogP contribution in [0.25, 0.3) is 17.1 Å². The minimum Gasteiger partial charge on any atom is -0.486 e. The normalized spacial score (nSPS) is 10.9. The smallest absolute Gasteiger partial charge is 0.175 e. The molecule has 0 saturated carbocycles. The number of hydrogen-bond donors (Lipinski definition) is 0. The Morgan fingerprint density at radius 2 is 1.48 bits per heavy atom. The zero-order chi connectivity index (χ0) is 20.4. The van der Waals surface area contributed by atoms with Gasteiger partial charge in [-0.3, -0.25) is 4.57 Å². The predicted molar refractivity (Wildman–Crippen MR) is 117 cm³/mol. The third-order valence-corrected chi connectivity index (χ3v) is 5.25. The van der Waals surface area contributed by atoms with Crippen LogP contribution >= 0.6 is 11.6 Å². The van der Waals surface area contributed by atoms with E-state index in [-0.39, 0.29) is 0 Å². The van der Waals surface area contributed by atoms with Gasteiger partial charge in [-0.25, -0.2) is 0 Å². The van der Waals surface area contributed by atoms with Crippen LogP contribution in [0.15, 0.2) is 66.7 Å². The number of nitrogens with zero attached hydrogens (tertiary/aromatic N) is 3. The van der Waals surface area contributed by atoms with E-state index in [9.17, 15) is 0 Å². The lowest BCUT2D eigenvalue weighted by atomic mass is 10.1. The molecule has 0 aliphatic carbocycles. The van der Waals surface area contributed by atoms with Gasteiger partial charge in [-0.15, -0.1) is 10.2 Å². The second-order valence-electron chi connectivity index (χ2n) is 7.18. The first-order chi connectivity index (χ1) is 14.0. The highest BCUT2D eigenvalue weighted by molar-refractivity contribution is 6.31. The summed E-state index contributed by atoms with van der Waals surface area (Å²) in [6.07, 6.45) is 0. The van der Waals surface area contributed by atoms with Crippen LogP contribution < -0.4 is 4.74 Å². The molecule has 0 radical (unpaired) electrons. The Hall–Kier alpha value is -3.11. The molecular formula is C24H22ClN3O. The molecule has 4 rings (SSSR count). The number of ether oxygens (including phenoxy) is 1. The molecule has 3 aromatic carbocycles. The molecule has 1 heterocycles. The number of aryl methyl sites for hydroxylation is 3. The molecule has 0 fully saturated rings. The quantitative estimate of drug-likeness (QED) is 0.404. The summed E-state index contributed by atoms with van der Waals surface area (Å²) in [4.78, 5) is 0. The summed E-state index contributed by atoms with van der Waals surface area (Å²) in [5, 5.41) is 9.63. The second kappa shape index (κ2) is 8.10. The summed E-state index contributed by atoms with van der Waals surface area (Å²) < 4.78 is 8.05. The molecule has 0 spiro atoms. The van der Waals surface area contributed by atoms with Gasteiger partial charge in [-0.1, -0.05) is 59.1 Å². The van der Waals surface area contributed by atoms with Gasteiger partial charge in [0.25, 0.3) is 0 Å². The van der Waals surface area contributed by atoms with Crippen molar-refractivity contribution in [1.82, 2.24) is 14.8 Å². The van der Waals surface area contributed by atoms with Crippen molar-refractivity contribution in [3.63, 3.8) is 0 Å². The Bertz CT molecular complexity index is 1130. The predicted octanol–water partition coefficient (Wildman–Crippen LogP) is 6.09. The van der Waals surface area contributed by atoms with Crippen molar-refractivity contribution in [2.24, 2.45) is 0 Å². The molecule has 0 unspecified atom stereocenters. The number of aromatic nitrogens is 3. The molecule has 0 amide bonds. The zero-order valence-electron chi connectivity index (χ0n) is 16.7. The maximum atomic E-state index is 6.12. The van der Waals surface area contributed by atoms with Gasteiger partial charge in [0.05, 0.1) is 0 Å². The fraction of sp³-hybridized carbons (Fsp3) is 0.167. The van der Waals surface area contributed by atoms with E-state index in [1.54, 1.807) is 0 Å². The molecular weight excluding hydrogens is 382 g/mol. The van der Waals surface area contributed by atoms with Crippen molar-refractivity contribution in [3.05, 3.63) is 94.3 Å². The number of rotatable bonds is 5. The highest BCUT2D eigenvalue weighted by Gasteiger charge is 2.16. The van der Waals surface area contributed by atoms with E-state index in [1.165, 1.54) is 11.1 Å². The van der Waals surface area contributed by atoms with Gasteiger partial charge >= 0.3 is 0 Å². The highest BCUT2D eigenvalue weighted by Crippen LogP contribution is 2.26. The van der Waals surface area contributed by atoms with Crippen LogP contribution in [-0.4, -0.2) is 14.8 Å². The molecule has 0 N–H and O–H groups in total. The number of benzene rings is 3. The third-order valence-electron chi connectivity index (χ3n) is 4.83. The molecule has 1 aromatic heterocycles. The first-order valence-corrected chi connectivity index (χ1v) is 9.86. The molecule has 0 aliphatic rings. The molecule has 0 aliphatic heterocycles. The Labute approximate surface area is 175 Å². The minimum atomic E-state index is 0.299. The van der Waals surface area contributed by atoms with Crippen LogP contribution in [0, 0.1) is 20.8 Å². The van der Waals surface area contributed by atoms with Gasteiger partial charge < -0.3 is 4.74 Å². The lowest BCUT2D eigenvalue weighted by molar-refractivity contribution is 0.293.